The van der Waals surface area contributed by atoms with Crippen molar-refractivity contribution < 1.29 is 9.90 Å². The minimum absolute atomic E-state index is 0.182. The smallest absolute Gasteiger partial charge is 0.123 e. The largest absolute Gasteiger partial charge is 0.393 e. The molecule has 1 saturated carbocycles. The van der Waals surface area contributed by atoms with Crippen molar-refractivity contribution in [1.82, 2.24) is 0 Å². The van der Waals surface area contributed by atoms with Gasteiger partial charge in [0, 0.05) is 5.92 Å². The van der Waals surface area contributed by atoms with Gasteiger partial charge >= 0.3 is 0 Å². The second-order valence-electron chi connectivity index (χ2n) is 8.23. The third-order valence-corrected chi connectivity index (χ3v) is 6.50. The molecule has 0 aromatic carbocycles. The van der Waals surface area contributed by atoms with Crippen LogP contribution in [0.4, 0.5) is 0 Å². The Kier molecular flexibility index (Phi) is 5.83. The first kappa shape index (κ1) is 18.4. The van der Waals surface area contributed by atoms with Crippen molar-refractivity contribution in [3.63, 3.8) is 0 Å². The number of aliphatic hydroxyl groups excluding tert-OH is 1. The van der Waals surface area contributed by atoms with Crippen molar-refractivity contribution in [2.24, 2.45) is 28.6 Å². The number of carbonyl (C=O) groups excluding carboxylic acids is 1. The molecule has 2 nitrogen and oxygen atoms in total. The summed E-state index contributed by atoms with van der Waals surface area (Å²) >= 11 is 0. The van der Waals surface area contributed by atoms with Crippen LogP contribution in [-0.4, -0.2) is 17.5 Å². The van der Waals surface area contributed by atoms with Crippen LogP contribution in [-0.2, 0) is 4.79 Å². The molecule has 122 valence electrons. The molecule has 0 saturated heterocycles. The Balaban J connectivity index is 0.000000211. The van der Waals surface area contributed by atoms with Gasteiger partial charge in [-0.25, -0.2) is 0 Å². The van der Waals surface area contributed by atoms with Crippen LogP contribution in [0.15, 0.2) is 11.6 Å². The van der Waals surface area contributed by atoms with E-state index in [-0.39, 0.29) is 16.9 Å². The van der Waals surface area contributed by atoms with Crippen molar-refractivity contribution in [3.05, 3.63) is 11.6 Å². The van der Waals surface area contributed by atoms with Crippen molar-refractivity contribution in [2.45, 2.75) is 73.8 Å². The van der Waals surface area contributed by atoms with Gasteiger partial charge < -0.3 is 9.90 Å². The van der Waals surface area contributed by atoms with Crippen LogP contribution in [0.5, 0.6) is 0 Å². The van der Waals surface area contributed by atoms with Crippen LogP contribution in [0.3, 0.4) is 0 Å². The van der Waals surface area contributed by atoms with Crippen molar-refractivity contribution in [3.8, 4) is 0 Å². The minimum atomic E-state index is -0.182. The third kappa shape index (κ3) is 3.77. The summed E-state index contributed by atoms with van der Waals surface area (Å²) in [5.74, 6) is 1.44. The van der Waals surface area contributed by atoms with E-state index in [0.29, 0.717) is 17.8 Å². The summed E-state index contributed by atoms with van der Waals surface area (Å²) in [5.41, 5.74) is 1.87. The molecular formula is C19H34O2. The number of allylic oxidation sites excluding steroid dienone is 2. The molecule has 21 heavy (non-hydrogen) atoms. The van der Waals surface area contributed by atoms with Crippen LogP contribution in [0.25, 0.3) is 0 Å². The molecule has 0 aromatic rings. The van der Waals surface area contributed by atoms with Crippen LogP contribution < -0.4 is 0 Å². The van der Waals surface area contributed by atoms with Gasteiger partial charge in [0.05, 0.1) is 6.10 Å². The Bertz CT molecular complexity index is 390. The topological polar surface area (TPSA) is 37.3 Å². The fourth-order valence-corrected chi connectivity index (χ4v) is 3.74. The van der Waals surface area contributed by atoms with E-state index >= 15 is 0 Å². The summed E-state index contributed by atoms with van der Waals surface area (Å²) in [6, 6.07) is 0. The Morgan fingerprint density at radius 3 is 2.05 bits per heavy atom. The Labute approximate surface area is 131 Å². The average molecular weight is 294 g/mol. The van der Waals surface area contributed by atoms with E-state index in [1.165, 1.54) is 12.0 Å². The standard InChI is InChI=1S/C10H18O.C9H16O/c1-7-5-6-9(8(2)11)10(7,3)4;1-7-4-5-8(6-10)9(7,2)3/h5,8-9,11H,6H2,1-4H3;6-8H,4-5H2,1-3H3. The fourth-order valence-electron chi connectivity index (χ4n) is 3.74. The number of rotatable bonds is 2. The number of carbonyl (C=O) groups is 1. The van der Waals surface area contributed by atoms with E-state index in [0.717, 1.165) is 19.1 Å². The number of hydrogen-bond acceptors (Lipinski definition) is 2. The van der Waals surface area contributed by atoms with E-state index in [1.807, 2.05) is 6.92 Å². The molecule has 2 aliphatic carbocycles. The van der Waals surface area contributed by atoms with Gasteiger partial charge in [-0.3, -0.25) is 0 Å². The molecular weight excluding hydrogens is 260 g/mol. The Morgan fingerprint density at radius 2 is 1.86 bits per heavy atom. The summed E-state index contributed by atoms with van der Waals surface area (Å²) < 4.78 is 0. The molecule has 1 N–H and O–H groups in total. The van der Waals surface area contributed by atoms with Crippen molar-refractivity contribution in [1.29, 1.82) is 0 Å². The van der Waals surface area contributed by atoms with Crippen LogP contribution in [0.1, 0.15) is 67.7 Å². The van der Waals surface area contributed by atoms with Gasteiger partial charge in [0.2, 0.25) is 0 Å². The van der Waals surface area contributed by atoms with Gasteiger partial charge in [0.15, 0.2) is 0 Å². The van der Waals surface area contributed by atoms with Crippen molar-refractivity contribution >= 4 is 6.29 Å². The maximum Gasteiger partial charge on any atom is 0.123 e. The summed E-state index contributed by atoms with van der Waals surface area (Å²) in [4.78, 5) is 10.6. The van der Waals surface area contributed by atoms with Gasteiger partial charge in [0.25, 0.3) is 0 Å². The highest BCUT2D eigenvalue weighted by atomic mass is 16.3. The van der Waals surface area contributed by atoms with Crippen LogP contribution >= 0.6 is 0 Å². The van der Waals surface area contributed by atoms with Crippen molar-refractivity contribution in [2.75, 3.05) is 0 Å². The Morgan fingerprint density at radius 1 is 1.29 bits per heavy atom. The molecule has 4 atom stereocenters. The fraction of sp³-hybridized carbons (Fsp3) is 0.842. The molecule has 2 aliphatic rings. The van der Waals surface area contributed by atoms with Gasteiger partial charge in [-0.2, -0.15) is 0 Å². The van der Waals surface area contributed by atoms with Gasteiger partial charge in [-0.05, 0) is 55.8 Å². The van der Waals surface area contributed by atoms with Crippen LogP contribution in [0, 0.1) is 28.6 Å². The highest BCUT2D eigenvalue weighted by Gasteiger charge is 2.40. The molecule has 0 amide bonds. The lowest BCUT2D eigenvalue weighted by Gasteiger charge is -2.31. The monoisotopic (exact) mass is 294 g/mol. The molecule has 2 heteroatoms. The number of aldehydes is 1. The average Bonchev–Trinajstić information content (AvgIpc) is 2.78. The third-order valence-electron chi connectivity index (χ3n) is 6.50. The SMILES string of the molecule is CC1=CCC(C(C)O)C1(C)C.CC1CCC(C=O)C1(C)C. The highest BCUT2D eigenvalue weighted by Crippen LogP contribution is 2.46. The zero-order valence-electron chi connectivity index (χ0n) is 14.9. The summed E-state index contributed by atoms with van der Waals surface area (Å²) in [7, 11) is 0. The lowest BCUT2D eigenvalue weighted by Crippen LogP contribution is -2.29. The second kappa shape index (κ2) is 6.64. The molecule has 0 radical (unpaired) electrons. The van der Waals surface area contributed by atoms with E-state index in [9.17, 15) is 9.90 Å². The zero-order chi connectivity index (χ0) is 16.4. The van der Waals surface area contributed by atoms with Gasteiger partial charge in [-0.15, -0.1) is 0 Å². The van der Waals surface area contributed by atoms with Gasteiger partial charge in [-0.1, -0.05) is 46.3 Å². The van der Waals surface area contributed by atoms with Gasteiger partial charge in [0.1, 0.15) is 6.29 Å². The van der Waals surface area contributed by atoms with Crippen LogP contribution in [0.2, 0.25) is 0 Å². The van der Waals surface area contributed by atoms with E-state index in [2.05, 4.69) is 47.6 Å². The summed E-state index contributed by atoms with van der Waals surface area (Å²) in [6.45, 7) is 15.1. The second-order valence-corrected chi connectivity index (χ2v) is 8.23. The molecule has 0 aliphatic heterocycles. The number of hydrogen-bond donors (Lipinski definition) is 1. The quantitative estimate of drug-likeness (QED) is 0.596. The first-order valence-electron chi connectivity index (χ1n) is 8.35. The van der Waals surface area contributed by atoms with E-state index in [1.54, 1.807) is 0 Å². The zero-order valence-corrected chi connectivity index (χ0v) is 14.9. The molecule has 0 spiro atoms. The maximum atomic E-state index is 10.6. The maximum absolute atomic E-state index is 10.6. The lowest BCUT2D eigenvalue weighted by molar-refractivity contribution is -0.113. The molecule has 0 aromatic heterocycles. The molecule has 4 unspecified atom stereocenters. The molecule has 2 rings (SSSR count). The molecule has 0 heterocycles. The predicted molar refractivity (Wildman–Crippen MR) is 89.1 cm³/mol. The van der Waals surface area contributed by atoms with E-state index < -0.39 is 0 Å². The van der Waals surface area contributed by atoms with E-state index in [4.69, 9.17) is 0 Å². The number of aliphatic hydroxyl groups is 1. The normalized spacial score (nSPS) is 34.7. The first-order chi connectivity index (χ1) is 9.55. The molecule has 0 bridgehead atoms. The minimum Gasteiger partial charge on any atom is -0.393 e. The molecule has 1 fully saturated rings. The Hall–Kier alpha value is -0.630. The highest BCUT2D eigenvalue weighted by molar-refractivity contribution is 5.55. The first-order valence-corrected chi connectivity index (χ1v) is 8.35. The predicted octanol–water partition coefficient (Wildman–Crippen LogP) is 4.62. The summed E-state index contributed by atoms with van der Waals surface area (Å²) in [6.07, 6.45) is 6.55. The lowest BCUT2D eigenvalue weighted by atomic mass is 9.75. The summed E-state index contributed by atoms with van der Waals surface area (Å²) in [5, 5.41) is 9.47.